The summed E-state index contributed by atoms with van der Waals surface area (Å²) in [6, 6.07) is 0. The molecule has 1 aliphatic rings. The van der Waals surface area contributed by atoms with Gasteiger partial charge in [0.05, 0.1) is 0 Å². The van der Waals surface area contributed by atoms with Gasteiger partial charge in [-0.05, 0) is 18.3 Å². The minimum Gasteiger partial charge on any atom is -0.300 e. The van der Waals surface area contributed by atoms with Gasteiger partial charge in [0.15, 0.2) is 0 Å². The van der Waals surface area contributed by atoms with E-state index in [0.717, 1.165) is 19.3 Å². The van der Waals surface area contributed by atoms with Crippen molar-refractivity contribution in [2.45, 2.75) is 26.2 Å². The molecule has 1 heteroatoms. The number of rotatable bonds is 1. The van der Waals surface area contributed by atoms with Crippen LogP contribution >= 0.6 is 0 Å². The maximum atomic E-state index is 10.8. The quantitative estimate of drug-likeness (QED) is 0.522. The van der Waals surface area contributed by atoms with Gasteiger partial charge < -0.3 is 0 Å². The normalized spacial score (nSPS) is 35.6. The minimum absolute atomic E-state index is 0.427. The van der Waals surface area contributed by atoms with Crippen molar-refractivity contribution in [1.82, 2.24) is 0 Å². The van der Waals surface area contributed by atoms with Crippen LogP contribution in [0.2, 0.25) is 0 Å². The van der Waals surface area contributed by atoms with Crippen LogP contribution in [0.15, 0.2) is 0 Å². The van der Waals surface area contributed by atoms with Crippen molar-refractivity contribution in [3.8, 4) is 0 Å². The van der Waals surface area contributed by atoms with E-state index in [0.29, 0.717) is 17.6 Å². The van der Waals surface area contributed by atoms with Crippen molar-refractivity contribution in [3.05, 3.63) is 6.92 Å². The highest BCUT2D eigenvalue weighted by Crippen LogP contribution is 2.30. The fourth-order valence-corrected chi connectivity index (χ4v) is 1.49. The molecule has 2 atom stereocenters. The highest BCUT2D eigenvalue weighted by atomic mass is 16.1. The first-order valence-electron chi connectivity index (χ1n) is 3.55. The maximum absolute atomic E-state index is 10.8. The molecule has 0 aromatic carbocycles. The molecule has 0 amide bonds. The Balaban J connectivity index is 2.47. The molecule has 1 saturated carbocycles. The fourth-order valence-electron chi connectivity index (χ4n) is 1.49. The van der Waals surface area contributed by atoms with Crippen LogP contribution in [0, 0.1) is 18.8 Å². The average molecular weight is 125 g/mol. The summed E-state index contributed by atoms with van der Waals surface area (Å²) in [6.07, 6.45) is 2.50. The van der Waals surface area contributed by atoms with Crippen LogP contribution in [0.1, 0.15) is 26.2 Å². The Morgan fingerprint density at radius 3 is 2.56 bits per heavy atom. The molecule has 0 heterocycles. The van der Waals surface area contributed by atoms with E-state index >= 15 is 0 Å². The van der Waals surface area contributed by atoms with E-state index in [1.54, 1.807) is 0 Å². The lowest BCUT2D eigenvalue weighted by molar-refractivity contribution is -0.117. The molecule has 0 spiro atoms. The first kappa shape index (κ1) is 6.79. The van der Waals surface area contributed by atoms with Gasteiger partial charge in [0.2, 0.25) is 0 Å². The van der Waals surface area contributed by atoms with Crippen molar-refractivity contribution in [2.75, 3.05) is 0 Å². The summed E-state index contributed by atoms with van der Waals surface area (Å²) >= 11 is 0. The molecule has 0 aromatic heterocycles. The van der Waals surface area contributed by atoms with Gasteiger partial charge in [-0.3, -0.25) is 4.79 Å². The molecular formula is C8H13O. The predicted molar refractivity (Wildman–Crippen MR) is 36.9 cm³/mol. The van der Waals surface area contributed by atoms with E-state index in [2.05, 4.69) is 13.8 Å². The van der Waals surface area contributed by atoms with Crippen LogP contribution in [-0.4, -0.2) is 5.78 Å². The number of hydrogen-bond donors (Lipinski definition) is 0. The summed E-state index contributed by atoms with van der Waals surface area (Å²) in [5.41, 5.74) is 0. The Labute approximate surface area is 56.4 Å². The van der Waals surface area contributed by atoms with E-state index in [-0.39, 0.29) is 0 Å². The SMILES string of the molecule is [CH2]CC1CC(=O)CC1C. The lowest BCUT2D eigenvalue weighted by Gasteiger charge is -2.08. The second kappa shape index (κ2) is 2.51. The third kappa shape index (κ3) is 1.32. The number of carbonyl (C=O) groups is 1. The summed E-state index contributed by atoms with van der Waals surface area (Å²) in [4.78, 5) is 10.8. The molecule has 1 nitrogen and oxygen atoms in total. The third-order valence-electron chi connectivity index (χ3n) is 2.22. The topological polar surface area (TPSA) is 17.1 Å². The Morgan fingerprint density at radius 1 is 1.67 bits per heavy atom. The summed E-state index contributed by atoms with van der Waals surface area (Å²) in [6.45, 7) is 5.94. The standard InChI is InChI=1S/C8H13O/c1-3-7-5-8(9)4-6(7)2/h6-7H,1,3-5H2,2H3. The third-order valence-corrected chi connectivity index (χ3v) is 2.22. The van der Waals surface area contributed by atoms with E-state index in [1.807, 2.05) is 0 Å². The number of hydrogen-bond acceptors (Lipinski definition) is 1. The number of Topliss-reactive ketones (excluding diaryl/α,β-unsaturated/α-hetero) is 1. The second-order valence-electron chi connectivity index (χ2n) is 2.97. The Hall–Kier alpha value is -0.330. The van der Waals surface area contributed by atoms with Gasteiger partial charge in [-0.25, -0.2) is 0 Å². The first-order chi connectivity index (χ1) is 4.24. The molecule has 0 aromatic rings. The molecule has 9 heavy (non-hydrogen) atoms. The summed E-state index contributed by atoms with van der Waals surface area (Å²) < 4.78 is 0. The zero-order chi connectivity index (χ0) is 6.85. The number of ketones is 1. The molecular weight excluding hydrogens is 112 g/mol. The molecule has 0 bridgehead atoms. The van der Waals surface area contributed by atoms with Gasteiger partial charge in [0.1, 0.15) is 5.78 Å². The largest absolute Gasteiger partial charge is 0.300 e. The smallest absolute Gasteiger partial charge is 0.133 e. The zero-order valence-electron chi connectivity index (χ0n) is 5.89. The van der Waals surface area contributed by atoms with Crippen LogP contribution in [0.25, 0.3) is 0 Å². The highest BCUT2D eigenvalue weighted by Gasteiger charge is 2.27. The van der Waals surface area contributed by atoms with E-state index in [9.17, 15) is 4.79 Å². The summed E-state index contributed by atoms with van der Waals surface area (Å²) in [7, 11) is 0. The maximum Gasteiger partial charge on any atom is 0.133 e. The Morgan fingerprint density at radius 2 is 2.33 bits per heavy atom. The van der Waals surface area contributed by atoms with Crippen molar-refractivity contribution >= 4 is 5.78 Å². The van der Waals surface area contributed by atoms with Crippen molar-refractivity contribution in [3.63, 3.8) is 0 Å². The molecule has 1 rings (SSSR count). The fraction of sp³-hybridized carbons (Fsp3) is 0.750. The van der Waals surface area contributed by atoms with Crippen LogP contribution in [0.3, 0.4) is 0 Å². The van der Waals surface area contributed by atoms with Gasteiger partial charge in [0.25, 0.3) is 0 Å². The minimum atomic E-state index is 0.427. The van der Waals surface area contributed by atoms with E-state index in [4.69, 9.17) is 0 Å². The predicted octanol–water partition coefficient (Wildman–Crippen LogP) is 1.83. The van der Waals surface area contributed by atoms with Gasteiger partial charge in [-0.2, -0.15) is 0 Å². The van der Waals surface area contributed by atoms with Gasteiger partial charge in [-0.15, -0.1) is 0 Å². The van der Waals surface area contributed by atoms with Crippen molar-refractivity contribution in [1.29, 1.82) is 0 Å². The monoisotopic (exact) mass is 125 g/mol. The summed E-state index contributed by atoms with van der Waals surface area (Å²) in [5, 5.41) is 0. The van der Waals surface area contributed by atoms with Gasteiger partial charge in [-0.1, -0.05) is 13.8 Å². The van der Waals surface area contributed by atoms with E-state index < -0.39 is 0 Å². The summed E-state index contributed by atoms with van der Waals surface area (Å²) in [5.74, 6) is 1.60. The van der Waals surface area contributed by atoms with Crippen LogP contribution in [-0.2, 0) is 4.79 Å². The molecule has 2 unspecified atom stereocenters. The molecule has 1 fully saturated rings. The molecule has 0 N–H and O–H groups in total. The van der Waals surface area contributed by atoms with Crippen molar-refractivity contribution < 1.29 is 4.79 Å². The molecule has 0 saturated heterocycles. The van der Waals surface area contributed by atoms with Gasteiger partial charge in [0, 0.05) is 12.8 Å². The second-order valence-corrected chi connectivity index (χ2v) is 2.97. The average Bonchev–Trinajstić information content (AvgIpc) is 2.10. The Bertz CT molecular complexity index is 118. The molecule has 1 aliphatic carbocycles. The first-order valence-corrected chi connectivity index (χ1v) is 3.55. The number of carbonyl (C=O) groups excluding carboxylic acids is 1. The molecule has 0 aliphatic heterocycles. The molecule has 51 valence electrons. The van der Waals surface area contributed by atoms with Crippen LogP contribution < -0.4 is 0 Å². The van der Waals surface area contributed by atoms with Gasteiger partial charge >= 0.3 is 0 Å². The van der Waals surface area contributed by atoms with Crippen LogP contribution in [0.4, 0.5) is 0 Å². The highest BCUT2D eigenvalue weighted by molar-refractivity contribution is 5.81. The van der Waals surface area contributed by atoms with E-state index in [1.165, 1.54) is 0 Å². The lowest BCUT2D eigenvalue weighted by Crippen LogP contribution is -2.00. The lowest BCUT2D eigenvalue weighted by atomic mass is 9.96. The Kier molecular flexibility index (Phi) is 1.89. The zero-order valence-corrected chi connectivity index (χ0v) is 5.89. The van der Waals surface area contributed by atoms with Crippen LogP contribution in [0.5, 0.6) is 0 Å². The molecule has 1 radical (unpaired) electrons. The van der Waals surface area contributed by atoms with Crippen molar-refractivity contribution in [2.24, 2.45) is 11.8 Å².